The van der Waals surface area contributed by atoms with Crippen LogP contribution in [0.2, 0.25) is 0 Å². The van der Waals surface area contributed by atoms with Gasteiger partial charge in [0.2, 0.25) is 0 Å². The van der Waals surface area contributed by atoms with Gasteiger partial charge in [0.15, 0.2) is 11.6 Å². The predicted octanol–water partition coefficient (Wildman–Crippen LogP) is 1.66. The van der Waals surface area contributed by atoms with E-state index in [1.165, 1.54) is 7.11 Å². The number of rotatable bonds is 5. The Morgan fingerprint density at radius 1 is 1.17 bits per heavy atom. The second kappa shape index (κ2) is 8.07. The first-order chi connectivity index (χ1) is 8.14. The van der Waals surface area contributed by atoms with Crippen molar-refractivity contribution in [2.45, 2.75) is 64.6 Å². The Labute approximate surface area is 110 Å². The largest absolute Gasteiger partial charge is 0.378 e. The molecule has 1 saturated heterocycles. The van der Waals surface area contributed by atoms with Crippen LogP contribution in [0.5, 0.6) is 0 Å². The molecule has 5 nitrogen and oxygen atoms in total. The molecule has 5 heteroatoms. The molecule has 1 aliphatic rings. The standard InChI is InChI=1S/C9H18O3.C4H10O2/c1-9(2,10)12-7-5-8-4-3-6-11-8;1-4(2,5)6-3/h8,10H,3-7H2,1-2H3;5H,1-3H3. The van der Waals surface area contributed by atoms with E-state index in [0.29, 0.717) is 12.7 Å². The molecule has 1 unspecified atom stereocenters. The number of aliphatic hydroxyl groups is 2. The molecular weight excluding hydrogens is 236 g/mol. The lowest BCUT2D eigenvalue weighted by atomic mass is 10.2. The maximum atomic E-state index is 9.23. The van der Waals surface area contributed by atoms with Crippen molar-refractivity contribution in [2.75, 3.05) is 20.3 Å². The topological polar surface area (TPSA) is 68.2 Å². The highest BCUT2D eigenvalue weighted by molar-refractivity contribution is 4.64. The fourth-order valence-corrected chi connectivity index (χ4v) is 1.31. The molecular formula is C13H28O5. The van der Waals surface area contributed by atoms with E-state index < -0.39 is 11.6 Å². The van der Waals surface area contributed by atoms with Gasteiger partial charge in [-0.25, -0.2) is 0 Å². The minimum absolute atomic E-state index is 0.354. The van der Waals surface area contributed by atoms with Crippen LogP contribution in [0.4, 0.5) is 0 Å². The van der Waals surface area contributed by atoms with Crippen LogP contribution < -0.4 is 0 Å². The Bertz CT molecular complexity index is 198. The van der Waals surface area contributed by atoms with Crippen molar-refractivity contribution in [3.8, 4) is 0 Å². The quantitative estimate of drug-likeness (QED) is 0.739. The summed E-state index contributed by atoms with van der Waals surface area (Å²) in [5.41, 5.74) is 0. The molecule has 1 rings (SSSR count). The van der Waals surface area contributed by atoms with Crippen molar-refractivity contribution in [1.82, 2.24) is 0 Å². The van der Waals surface area contributed by atoms with Gasteiger partial charge in [0.05, 0.1) is 12.7 Å². The number of hydrogen-bond donors (Lipinski definition) is 2. The highest BCUT2D eigenvalue weighted by Gasteiger charge is 2.17. The molecule has 0 radical (unpaired) electrons. The number of hydrogen-bond acceptors (Lipinski definition) is 5. The smallest absolute Gasteiger partial charge is 0.159 e. The normalized spacial score (nSPS) is 20.5. The molecule has 1 fully saturated rings. The highest BCUT2D eigenvalue weighted by Crippen LogP contribution is 2.16. The summed E-state index contributed by atoms with van der Waals surface area (Å²) in [5, 5.41) is 17.8. The summed E-state index contributed by atoms with van der Waals surface area (Å²) in [6.45, 7) is 7.90. The molecule has 0 bridgehead atoms. The van der Waals surface area contributed by atoms with Crippen LogP contribution in [0.1, 0.15) is 47.0 Å². The lowest BCUT2D eigenvalue weighted by Gasteiger charge is -2.19. The molecule has 0 aliphatic carbocycles. The Kier molecular flexibility index (Phi) is 7.98. The second-order valence-electron chi connectivity index (χ2n) is 5.37. The molecule has 0 amide bonds. The molecule has 1 atom stereocenters. The van der Waals surface area contributed by atoms with Gasteiger partial charge in [0, 0.05) is 13.7 Å². The first-order valence-electron chi connectivity index (χ1n) is 6.39. The van der Waals surface area contributed by atoms with E-state index in [-0.39, 0.29) is 0 Å². The maximum Gasteiger partial charge on any atom is 0.159 e. The van der Waals surface area contributed by atoms with Crippen molar-refractivity contribution >= 4 is 0 Å². The van der Waals surface area contributed by atoms with E-state index in [2.05, 4.69) is 4.74 Å². The van der Waals surface area contributed by atoms with Crippen molar-refractivity contribution in [2.24, 2.45) is 0 Å². The van der Waals surface area contributed by atoms with Crippen molar-refractivity contribution in [3.63, 3.8) is 0 Å². The van der Waals surface area contributed by atoms with E-state index in [1.54, 1.807) is 27.7 Å². The molecule has 110 valence electrons. The minimum atomic E-state index is -1.00. The molecule has 1 heterocycles. The summed E-state index contributed by atoms with van der Waals surface area (Å²) in [7, 11) is 1.46. The fourth-order valence-electron chi connectivity index (χ4n) is 1.31. The Morgan fingerprint density at radius 2 is 1.72 bits per heavy atom. The van der Waals surface area contributed by atoms with Crippen molar-refractivity contribution < 1.29 is 24.4 Å². The molecule has 18 heavy (non-hydrogen) atoms. The monoisotopic (exact) mass is 264 g/mol. The lowest BCUT2D eigenvalue weighted by Crippen LogP contribution is -2.25. The molecule has 0 aromatic heterocycles. The van der Waals surface area contributed by atoms with E-state index in [1.807, 2.05) is 0 Å². The van der Waals surface area contributed by atoms with Crippen LogP contribution >= 0.6 is 0 Å². The zero-order valence-electron chi connectivity index (χ0n) is 12.2. The molecule has 0 aromatic carbocycles. The lowest BCUT2D eigenvalue weighted by molar-refractivity contribution is -0.179. The van der Waals surface area contributed by atoms with Gasteiger partial charge in [0.25, 0.3) is 0 Å². The summed E-state index contributed by atoms with van der Waals surface area (Å²) >= 11 is 0. The third kappa shape index (κ3) is 12.3. The Balaban J connectivity index is 0.000000411. The Morgan fingerprint density at radius 3 is 2.06 bits per heavy atom. The summed E-state index contributed by atoms with van der Waals surface area (Å²) in [5.74, 6) is -1.96. The summed E-state index contributed by atoms with van der Waals surface area (Å²) in [4.78, 5) is 0. The first kappa shape index (κ1) is 17.8. The van der Waals surface area contributed by atoms with Crippen LogP contribution in [0.15, 0.2) is 0 Å². The van der Waals surface area contributed by atoms with Gasteiger partial charge in [0.1, 0.15) is 0 Å². The molecule has 0 spiro atoms. The van der Waals surface area contributed by atoms with E-state index >= 15 is 0 Å². The molecule has 0 saturated carbocycles. The van der Waals surface area contributed by atoms with Gasteiger partial charge in [-0.1, -0.05) is 0 Å². The summed E-state index contributed by atoms with van der Waals surface area (Å²) in [6.07, 6.45) is 3.54. The van der Waals surface area contributed by atoms with Gasteiger partial charge >= 0.3 is 0 Å². The van der Waals surface area contributed by atoms with Crippen LogP contribution in [-0.4, -0.2) is 48.2 Å². The van der Waals surface area contributed by atoms with Crippen LogP contribution in [0, 0.1) is 0 Å². The van der Waals surface area contributed by atoms with Crippen molar-refractivity contribution in [3.05, 3.63) is 0 Å². The summed E-state index contributed by atoms with van der Waals surface area (Å²) < 4.78 is 15.1. The Hall–Kier alpha value is -0.200. The zero-order chi connectivity index (χ0) is 14.2. The van der Waals surface area contributed by atoms with E-state index in [0.717, 1.165) is 25.9 Å². The van der Waals surface area contributed by atoms with Crippen LogP contribution in [0.3, 0.4) is 0 Å². The SMILES string of the molecule is CC(C)(O)OCCC1CCCO1.COC(C)(C)O. The predicted molar refractivity (Wildman–Crippen MR) is 69.1 cm³/mol. The molecule has 2 N–H and O–H groups in total. The van der Waals surface area contributed by atoms with E-state index in [9.17, 15) is 5.11 Å². The van der Waals surface area contributed by atoms with E-state index in [4.69, 9.17) is 14.6 Å². The van der Waals surface area contributed by atoms with Gasteiger partial charge in [-0.05, 0) is 47.0 Å². The first-order valence-corrected chi connectivity index (χ1v) is 6.39. The zero-order valence-corrected chi connectivity index (χ0v) is 12.2. The molecule has 1 aliphatic heterocycles. The second-order valence-corrected chi connectivity index (χ2v) is 5.37. The van der Waals surface area contributed by atoms with Gasteiger partial charge < -0.3 is 24.4 Å². The fraction of sp³-hybridized carbons (Fsp3) is 1.00. The maximum absolute atomic E-state index is 9.23. The summed E-state index contributed by atoms with van der Waals surface area (Å²) in [6, 6.07) is 0. The highest BCUT2D eigenvalue weighted by atomic mass is 16.6. The van der Waals surface area contributed by atoms with Gasteiger partial charge in [-0.2, -0.15) is 0 Å². The number of ether oxygens (including phenoxy) is 3. The number of methoxy groups -OCH3 is 1. The average Bonchev–Trinajstić information content (AvgIpc) is 2.68. The average molecular weight is 264 g/mol. The van der Waals surface area contributed by atoms with Gasteiger partial charge in [-0.15, -0.1) is 0 Å². The minimum Gasteiger partial charge on any atom is -0.378 e. The van der Waals surface area contributed by atoms with Gasteiger partial charge in [-0.3, -0.25) is 0 Å². The van der Waals surface area contributed by atoms with Crippen molar-refractivity contribution in [1.29, 1.82) is 0 Å². The third-order valence-corrected chi connectivity index (χ3v) is 2.42. The molecule has 0 aromatic rings. The van der Waals surface area contributed by atoms with Crippen LogP contribution in [0.25, 0.3) is 0 Å². The van der Waals surface area contributed by atoms with Crippen LogP contribution in [-0.2, 0) is 14.2 Å². The third-order valence-electron chi connectivity index (χ3n) is 2.42.